The Morgan fingerprint density at radius 1 is 1.38 bits per heavy atom. The number of likely N-dealkylation sites (tertiary alicyclic amines) is 2. The van der Waals surface area contributed by atoms with Crippen molar-refractivity contribution in [2.75, 3.05) is 53.0 Å². The molecule has 3 rings (SSSR count). The third kappa shape index (κ3) is 4.10. The highest BCUT2D eigenvalue weighted by Gasteiger charge is 2.53. The number of methoxy groups -OCH3 is 1. The van der Waals surface area contributed by atoms with E-state index >= 15 is 0 Å². The lowest BCUT2D eigenvalue weighted by molar-refractivity contribution is -0.157. The Labute approximate surface area is 156 Å². The first-order valence-corrected chi connectivity index (χ1v) is 9.66. The molecular formula is C19H32N4O3. The maximum atomic E-state index is 12.9. The molecule has 0 aliphatic carbocycles. The summed E-state index contributed by atoms with van der Waals surface area (Å²) in [5, 5.41) is 4.28. The van der Waals surface area contributed by atoms with Gasteiger partial charge in [-0.1, -0.05) is 0 Å². The minimum atomic E-state index is -0.368. The molecule has 146 valence electrons. The highest BCUT2D eigenvalue weighted by atomic mass is 16.5. The number of nitrogens with zero attached hydrogens (tertiary/aromatic N) is 4. The molecule has 7 nitrogen and oxygen atoms in total. The lowest BCUT2D eigenvalue weighted by Gasteiger charge is -2.31. The summed E-state index contributed by atoms with van der Waals surface area (Å²) in [5.74, 6) is 0.297. The van der Waals surface area contributed by atoms with Gasteiger partial charge in [-0.25, -0.2) is 0 Å². The van der Waals surface area contributed by atoms with Crippen molar-refractivity contribution < 1.29 is 14.3 Å². The molecule has 0 amide bonds. The number of ether oxygens (including phenoxy) is 2. The number of carbonyl (C=O) groups is 1. The second kappa shape index (κ2) is 8.50. The Morgan fingerprint density at radius 2 is 2.19 bits per heavy atom. The van der Waals surface area contributed by atoms with Crippen molar-refractivity contribution in [2.24, 2.45) is 18.4 Å². The van der Waals surface area contributed by atoms with Crippen LogP contribution in [-0.4, -0.2) is 78.6 Å². The molecule has 0 N–H and O–H groups in total. The van der Waals surface area contributed by atoms with Crippen LogP contribution in [0.1, 0.15) is 25.3 Å². The molecule has 2 atom stereocenters. The van der Waals surface area contributed by atoms with Crippen LogP contribution in [0.15, 0.2) is 12.4 Å². The SMILES string of the molecule is CCOC(=O)[C@]12CCCN(Cc3cnn(C)c3)C[C@H]1CN(CCOC)C2. The smallest absolute Gasteiger partial charge is 0.313 e. The second-order valence-corrected chi connectivity index (χ2v) is 7.66. The fourth-order valence-electron chi connectivity index (χ4n) is 4.57. The molecule has 0 spiro atoms. The number of aromatic nitrogens is 2. The summed E-state index contributed by atoms with van der Waals surface area (Å²) in [5.41, 5.74) is 0.860. The molecular weight excluding hydrogens is 332 g/mol. The van der Waals surface area contributed by atoms with E-state index in [1.807, 2.05) is 24.9 Å². The van der Waals surface area contributed by atoms with E-state index in [9.17, 15) is 4.79 Å². The zero-order valence-electron chi connectivity index (χ0n) is 16.3. The van der Waals surface area contributed by atoms with Crippen LogP contribution < -0.4 is 0 Å². The van der Waals surface area contributed by atoms with E-state index in [0.29, 0.717) is 19.1 Å². The summed E-state index contributed by atoms with van der Waals surface area (Å²) in [4.78, 5) is 17.8. The molecule has 3 heterocycles. The third-order valence-electron chi connectivity index (χ3n) is 5.80. The van der Waals surface area contributed by atoms with Crippen LogP contribution in [0.4, 0.5) is 0 Å². The summed E-state index contributed by atoms with van der Waals surface area (Å²) in [6.07, 6.45) is 5.93. The molecule has 26 heavy (non-hydrogen) atoms. The average molecular weight is 364 g/mol. The first kappa shape index (κ1) is 19.3. The number of fused-ring (bicyclic) bond motifs is 1. The zero-order chi connectivity index (χ0) is 18.6. The molecule has 0 saturated carbocycles. The minimum Gasteiger partial charge on any atom is -0.466 e. The molecule has 1 aromatic rings. The molecule has 2 aliphatic rings. The van der Waals surface area contributed by atoms with Gasteiger partial charge in [0.2, 0.25) is 0 Å². The van der Waals surface area contributed by atoms with Gasteiger partial charge in [0.15, 0.2) is 0 Å². The van der Waals surface area contributed by atoms with Gasteiger partial charge in [-0.15, -0.1) is 0 Å². The van der Waals surface area contributed by atoms with E-state index in [-0.39, 0.29) is 11.4 Å². The average Bonchev–Trinajstić information content (AvgIpc) is 3.13. The maximum Gasteiger partial charge on any atom is 0.313 e. The van der Waals surface area contributed by atoms with Crippen molar-refractivity contribution in [1.82, 2.24) is 19.6 Å². The monoisotopic (exact) mass is 364 g/mol. The van der Waals surface area contributed by atoms with Crippen molar-refractivity contribution in [2.45, 2.75) is 26.3 Å². The van der Waals surface area contributed by atoms with Crippen LogP contribution in [0.2, 0.25) is 0 Å². The Hall–Kier alpha value is -1.44. The third-order valence-corrected chi connectivity index (χ3v) is 5.80. The summed E-state index contributed by atoms with van der Waals surface area (Å²) >= 11 is 0. The quantitative estimate of drug-likeness (QED) is 0.677. The van der Waals surface area contributed by atoms with Gasteiger partial charge in [-0.05, 0) is 26.3 Å². The van der Waals surface area contributed by atoms with Crippen LogP contribution in [0, 0.1) is 11.3 Å². The Bertz CT molecular complexity index is 605. The van der Waals surface area contributed by atoms with E-state index < -0.39 is 0 Å². The minimum absolute atomic E-state index is 0.00635. The number of hydrogen-bond acceptors (Lipinski definition) is 6. The van der Waals surface area contributed by atoms with Gasteiger partial charge in [-0.2, -0.15) is 5.10 Å². The van der Waals surface area contributed by atoms with Crippen molar-refractivity contribution in [1.29, 1.82) is 0 Å². The molecule has 2 aliphatic heterocycles. The van der Waals surface area contributed by atoms with E-state index in [4.69, 9.17) is 9.47 Å². The van der Waals surface area contributed by atoms with Crippen LogP contribution >= 0.6 is 0 Å². The summed E-state index contributed by atoms with van der Waals surface area (Å²) in [6, 6.07) is 0. The molecule has 0 aromatic carbocycles. The van der Waals surface area contributed by atoms with Crippen LogP contribution in [0.25, 0.3) is 0 Å². The summed E-state index contributed by atoms with van der Waals surface area (Å²) in [6.45, 7) is 8.48. The zero-order valence-corrected chi connectivity index (χ0v) is 16.3. The highest BCUT2D eigenvalue weighted by molar-refractivity contribution is 5.78. The number of esters is 1. The van der Waals surface area contributed by atoms with Gasteiger partial charge in [0.1, 0.15) is 0 Å². The molecule has 0 radical (unpaired) electrons. The molecule has 7 heteroatoms. The predicted molar refractivity (Wildman–Crippen MR) is 98.6 cm³/mol. The fraction of sp³-hybridized carbons (Fsp3) is 0.789. The van der Waals surface area contributed by atoms with Crippen LogP contribution in [0.5, 0.6) is 0 Å². The van der Waals surface area contributed by atoms with E-state index in [2.05, 4.69) is 21.1 Å². The first-order chi connectivity index (χ1) is 12.6. The first-order valence-electron chi connectivity index (χ1n) is 9.66. The molecule has 1 aromatic heterocycles. The van der Waals surface area contributed by atoms with E-state index in [1.165, 1.54) is 5.56 Å². The number of rotatable bonds is 7. The Morgan fingerprint density at radius 3 is 2.88 bits per heavy atom. The van der Waals surface area contributed by atoms with Crippen molar-refractivity contribution in [3.63, 3.8) is 0 Å². The van der Waals surface area contributed by atoms with Gasteiger partial charge in [-0.3, -0.25) is 19.3 Å². The summed E-state index contributed by atoms with van der Waals surface area (Å²) in [7, 11) is 3.67. The number of carbonyl (C=O) groups excluding carboxylic acids is 1. The van der Waals surface area contributed by atoms with Gasteiger partial charge < -0.3 is 9.47 Å². The van der Waals surface area contributed by atoms with Gasteiger partial charge in [0.25, 0.3) is 0 Å². The van der Waals surface area contributed by atoms with Crippen LogP contribution in [0.3, 0.4) is 0 Å². The highest BCUT2D eigenvalue weighted by Crippen LogP contribution is 2.43. The summed E-state index contributed by atoms with van der Waals surface area (Å²) < 4.78 is 12.6. The van der Waals surface area contributed by atoms with E-state index in [1.54, 1.807) is 7.11 Å². The predicted octanol–water partition coefficient (Wildman–Crippen LogP) is 1.14. The van der Waals surface area contributed by atoms with Crippen LogP contribution in [-0.2, 0) is 27.9 Å². The number of hydrogen-bond donors (Lipinski definition) is 0. The fourth-order valence-corrected chi connectivity index (χ4v) is 4.57. The van der Waals surface area contributed by atoms with Crippen molar-refractivity contribution in [3.05, 3.63) is 18.0 Å². The second-order valence-electron chi connectivity index (χ2n) is 7.66. The Balaban J connectivity index is 1.74. The van der Waals surface area contributed by atoms with E-state index in [0.717, 1.165) is 52.1 Å². The molecule has 0 unspecified atom stereocenters. The molecule has 0 bridgehead atoms. The maximum absolute atomic E-state index is 12.9. The normalized spacial score (nSPS) is 27.3. The molecule has 2 fully saturated rings. The Kier molecular flexibility index (Phi) is 6.32. The topological polar surface area (TPSA) is 59.8 Å². The van der Waals surface area contributed by atoms with Crippen molar-refractivity contribution in [3.8, 4) is 0 Å². The lowest BCUT2D eigenvalue weighted by Crippen LogP contribution is -2.42. The largest absolute Gasteiger partial charge is 0.466 e. The van der Waals surface area contributed by atoms with Crippen molar-refractivity contribution >= 4 is 5.97 Å². The van der Waals surface area contributed by atoms with Gasteiger partial charge in [0, 0.05) is 64.6 Å². The molecule has 2 saturated heterocycles. The standard InChI is InChI=1S/C19H32N4O3/c1-4-26-18(24)19-6-5-7-22(12-16-10-20-21(2)11-16)13-17(19)14-23(15-19)8-9-25-3/h10-11,17H,4-9,12-15H2,1-3H3/t17-,19-/m0/s1. The lowest BCUT2D eigenvalue weighted by atomic mass is 9.75. The van der Waals surface area contributed by atoms with Gasteiger partial charge in [0.05, 0.1) is 24.8 Å². The number of aryl methyl sites for hydroxylation is 1. The van der Waals surface area contributed by atoms with Gasteiger partial charge >= 0.3 is 5.97 Å².